The summed E-state index contributed by atoms with van der Waals surface area (Å²) in [5.41, 5.74) is 2.05. The highest BCUT2D eigenvalue weighted by atomic mass is 79.9. The molecule has 0 saturated heterocycles. The molecule has 0 radical (unpaired) electrons. The summed E-state index contributed by atoms with van der Waals surface area (Å²) in [4.78, 5) is 11.8. The lowest BCUT2D eigenvalue weighted by Crippen LogP contribution is -2.18. The van der Waals surface area contributed by atoms with Crippen molar-refractivity contribution in [3.63, 3.8) is 0 Å². The molecule has 0 aliphatic rings. The van der Waals surface area contributed by atoms with Gasteiger partial charge in [0.2, 0.25) is 0 Å². The van der Waals surface area contributed by atoms with E-state index >= 15 is 0 Å². The van der Waals surface area contributed by atoms with E-state index in [9.17, 15) is 4.79 Å². The minimum Gasteiger partial charge on any atom is -0.482 e. The smallest absolute Gasteiger partial charge is 0.349 e. The molecule has 110 valence electrons. The van der Waals surface area contributed by atoms with Crippen molar-refractivity contribution in [1.29, 1.82) is 0 Å². The monoisotopic (exact) mass is 368 g/mol. The first-order chi connectivity index (χ1) is 9.95. The number of esters is 1. The van der Waals surface area contributed by atoms with Crippen LogP contribution in [0.4, 0.5) is 0 Å². The molecule has 0 heterocycles. The van der Waals surface area contributed by atoms with Gasteiger partial charge in [0.15, 0.2) is 6.61 Å². The molecule has 0 N–H and O–H groups in total. The van der Waals surface area contributed by atoms with E-state index in [4.69, 9.17) is 21.1 Å². The molecule has 0 aliphatic heterocycles. The number of hydrogen-bond donors (Lipinski definition) is 0. The number of benzene rings is 2. The first kappa shape index (κ1) is 15.9. The summed E-state index contributed by atoms with van der Waals surface area (Å²) in [5.74, 6) is 0.620. The zero-order valence-corrected chi connectivity index (χ0v) is 14.0. The molecule has 0 atom stereocenters. The van der Waals surface area contributed by atoms with E-state index < -0.39 is 5.97 Å². The lowest BCUT2D eigenvalue weighted by Gasteiger charge is -2.10. The molecule has 5 heteroatoms. The van der Waals surface area contributed by atoms with Crippen molar-refractivity contribution in [3.8, 4) is 11.5 Å². The van der Waals surface area contributed by atoms with Crippen LogP contribution in [0, 0.1) is 13.8 Å². The van der Waals surface area contributed by atoms with Crippen LogP contribution in [0.3, 0.4) is 0 Å². The first-order valence-corrected chi connectivity index (χ1v) is 7.48. The molecule has 3 nitrogen and oxygen atoms in total. The van der Waals surface area contributed by atoms with Crippen LogP contribution in [0.25, 0.3) is 0 Å². The number of ether oxygens (including phenoxy) is 2. The van der Waals surface area contributed by atoms with Crippen LogP contribution in [0.2, 0.25) is 5.02 Å². The summed E-state index contributed by atoms with van der Waals surface area (Å²) >= 11 is 9.12. The van der Waals surface area contributed by atoms with Crippen LogP contribution >= 0.6 is 27.5 Å². The molecule has 0 aromatic heterocycles. The van der Waals surface area contributed by atoms with Gasteiger partial charge < -0.3 is 9.47 Å². The molecular weight excluding hydrogens is 356 g/mol. The Bertz CT molecular complexity index is 671. The fourth-order valence-electron chi connectivity index (χ4n) is 1.71. The van der Waals surface area contributed by atoms with Gasteiger partial charge in [-0.15, -0.1) is 0 Å². The number of rotatable bonds is 4. The third-order valence-corrected chi connectivity index (χ3v) is 3.66. The van der Waals surface area contributed by atoms with Gasteiger partial charge in [-0.1, -0.05) is 23.7 Å². The van der Waals surface area contributed by atoms with Gasteiger partial charge in [0.05, 0.1) is 4.47 Å². The van der Waals surface area contributed by atoms with Gasteiger partial charge in [0, 0.05) is 5.02 Å². The highest BCUT2D eigenvalue weighted by molar-refractivity contribution is 9.10. The van der Waals surface area contributed by atoms with E-state index in [-0.39, 0.29) is 6.61 Å². The summed E-state index contributed by atoms with van der Waals surface area (Å²) in [6, 6.07) is 10.8. The second-order valence-electron chi connectivity index (χ2n) is 4.61. The van der Waals surface area contributed by atoms with Gasteiger partial charge >= 0.3 is 5.97 Å². The third-order valence-electron chi connectivity index (χ3n) is 2.81. The fraction of sp³-hybridized carbons (Fsp3) is 0.188. The van der Waals surface area contributed by atoms with Crippen LogP contribution in [-0.4, -0.2) is 12.6 Å². The standard InChI is InChI=1S/C16H14BrClO3/c1-10-3-4-11(2)15(7-10)20-9-16(19)21-14-6-5-12(18)8-13(14)17/h3-8H,9H2,1-2H3. The van der Waals surface area contributed by atoms with Crippen LogP contribution in [0.1, 0.15) is 11.1 Å². The number of carbonyl (C=O) groups excluding carboxylic acids is 1. The molecule has 2 aromatic rings. The molecule has 0 fully saturated rings. The Kier molecular flexibility index (Phi) is 5.26. The number of hydrogen-bond acceptors (Lipinski definition) is 3. The van der Waals surface area contributed by atoms with E-state index in [0.29, 0.717) is 21.0 Å². The van der Waals surface area contributed by atoms with Crippen molar-refractivity contribution >= 4 is 33.5 Å². The first-order valence-electron chi connectivity index (χ1n) is 6.31. The lowest BCUT2D eigenvalue weighted by molar-refractivity contribution is -0.136. The Hall–Kier alpha value is -1.52. The van der Waals surface area contributed by atoms with Crippen molar-refractivity contribution < 1.29 is 14.3 Å². The molecule has 0 bridgehead atoms. The van der Waals surface area contributed by atoms with Gasteiger partial charge in [0.25, 0.3) is 0 Å². The minimum absolute atomic E-state index is 0.153. The molecule has 0 aliphatic carbocycles. The molecule has 2 rings (SSSR count). The minimum atomic E-state index is -0.473. The summed E-state index contributed by atoms with van der Waals surface area (Å²) in [7, 11) is 0. The number of carbonyl (C=O) groups is 1. The lowest BCUT2D eigenvalue weighted by atomic mass is 10.1. The molecule has 0 saturated carbocycles. The summed E-state index contributed by atoms with van der Waals surface area (Å²) in [5, 5.41) is 0.563. The van der Waals surface area contributed by atoms with Crippen LogP contribution < -0.4 is 9.47 Å². The van der Waals surface area contributed by atoms with Gasteiger partial charge in [0.1, 0.15) is 11.5 Å². The largest absolute Gasteiger partial charge is 0.482 e. The SMILES string of the molecule is Cc1ccc(C)c(OCC(=O)Oc2ccc(Cl)cc2Br)c1. The molecule has 2 aromatic carbocycles. The van der Waals surface area contributed by atoms with E-state index in [0.717, 1.165) is 11.1 Å². The van der Waals surface area contributed by atoms with E-state index in [1.807, 2.05) is 32.0 Å². The van der Waals surface area contributed by atoms with Crippen molar-refractivity contribution in [3.05, 3.63) is 57.0 Å². The Balaban J connectivity index is 1.97. The van der Waals surface area contributed by atoms with Crippen molar-refractivity contribution in [2.45, 2.75) is 13.8 Å². The third kappa shape index (κ3) is 4.48. The Morgan fingerprint density at radius 1 is 1.14 bits per heavy atom. The highest BCUT2D eigenvalue weighted by Gasteiger charge is 2.10. The van der Waals surface area contributed by atoms with Crippen molar-refractivity contribution in [2.24, 2.45) is 0 Å². The van der Waals surface area contributed by atoms with E-state index in [1.54, 1.807) is 18.2 Å². The van der Waals surface area contributed by atoms with Crippen molar-refractivity contribution in [2.75, 3.05) is 6.61 Å². The summed E-state index contributed by atoms with van der Waals surface area (Å²) in [6.07, 6.45) is 0. The van der Waals surface area contributed by atoms with Crippen LogP contribution in [0.15, 0.2) is 40.9 Å². The highest BCUT2D eigenvalue weighted by Crippen LogP contribution is 2.28. The quantitative estimate of drug-likeness (QED) is 0.578. The molecule has 21 heavy (non-hydrogen) atoms. The Labute approximate surface area is 137 Å². The molecule has 0 spiro atoms. The van der Waals surface area contributed by atoms with Gasteiger partial charge in [-0.2, -0.15) is 0 Å². The normalized spacial score (nSPS) is 10.3. The fourth-order valence-corrected chi connectivity index (χ4v) is 2.47. The maximum atomic E-state index is 11.8. The van der Waals surface area contributed by atoms with E-state index in [1.165, 1.54) is 0 Å². The Morgan fingerprint density at radius 3 is 2.62 bits per heavy atom. The zero-order valence-electron chi connectivity index (χ0n) is 11.7. The van der Waals surface area contributed by atoms with Gasteiger partial charge in [-0.05, 0) is 65.2 Å². The second-order valence-corrected chi connectivity index (χ2v) is 5.90. The van der Waals surface area contributed by atoms with Crippen LogP contribution in [0.5, 0.6) is 11.5 Å². The topological polar surface area (TPSA) is 35.5 Å². The number of aryl methyl sites for hydroxylation is 2. The van der Waals surface area contributed by atoms with Crippen molar-refractivity contribution in [1.82, 2.24) is 0 Å². The zero-order chi connectivity index (χ0) is 15.4. The van der Waals surface area contributed by atoms with E-state index in [2.05, 4.69) is 15.9 Å². The molecule has 0 amide bonds. The summed E-state index contributed by atoms with van der Waals surface area (Å²) < 4.78 is 11.3. The average molecular weight is 370 g/mol. The van der Waals surface area contributed by atoms with Crippen LogP contribution in [-0.2, 0) is 4.79 Å². The maximum absolute atomic E-state index is 11.8. The molecule has 0 unspecified atom stereocenters. The number of halogens is 2. The van der Waals surface area contributed by atoms with Gasteiger partial charge in [-0.3, -0.25) is 0 Å². The maximum Gasteiger partial charge on any atom is 0.349 e. The predicted molar refractivity (Wildman–Crippen MR) is 86.2 cm³/mol. The molecular formula is C16H14BrClO3. The van der Waals surface area contributed by atoms with Gasteiger partial charge in [-0.25, -0.2) is 4.79 Å². The Morgan fingerprint density at radius 2 is 1.90 bits per heavy atom. The average Bonchev–Trinajstić information content (AvgIpc) is 2.43. The summed E-state index contributed by atoms with van der Waals surface area (Å²) in [6.45, 7) is 3.74. The predicted octanol–water partition coefficient (Wildman–Crippen LogP) is 4.70. The second kappa shape index (κ2) is 6.96.